The third-order valence-electron chi connectivity index (χ3n) is 27.4. The fourth-order valence-corrected chi connectivity index (χ4v) is 18.7. The molecule has 0 N–H and O–H groups in total. The van der Waals surface area contributed by atoms with Gasteiger partial charge in [-0.2, -0.15) is 0 Å². The zero-order chi connectivity index (χ0) is 102. The third kappa shape index (κ3) is 37.9. The van der Waals surface area contributed by atoms with Gasteiger partial charge in [0.2, 0.25) is 0 Å². The Labute approximate surface area is 860 Å². The molecular formula is C126H168O18. The van der Waals surface area contributed by atoms with Crippen LogP contribution < -0.4 is 56.8 Å². The monoisotopic (exact) mass is 1970 g/mol. The molecule has 0 amide bonds. The molecule has 0 saturated carbocycles. The maximum Gasteiger partial charge on any atom is 0.343 e. The fraction of sp³-hybridized carbons (Fsp3) is 0.524. The van der Waals surface area contributed by atoms with E-state index in [4.69, 9.17) is 56.8 Å². The van der Waals surface area contributed by atoms with E-state index < -0.39 is 35.8 Å². The van der Waals surface area contributed by atoms with Crippen LogP contribution in [-0.2, 0) is 0 Å². The lowest BCUT2D eigenvalue weighted by Gasteiger charge is -2.20. The van der Waals surface area contributed by atoms with Crippen molar-refractivity contribution in [3.8, 4) is 69.0 Å². The summed E-state index contributed by atoms with van der Waals surface area (Å²) < 4.78 is 77.8. The summed E-state index contributed by atoms with van der Waals surface area (Å²) in [6, 6.07) is 40.7. The lowest BCUT2D eigenvalue weighted by atomic mass is 9.93. The predicted molar refractivity (Wildman–Crippen MR) is 584 cm³/mol. The summed E-state index contributed by atoms with van der Waals surface area (Å²) >= 11 is 0. The van der Waals surface area contributed by atoms with E-state index in [1.54, 1.807) is 187 Å². The van der Waals surface area contributed by atoms with Gasteiger partial charge in [0.15, 0.2) is 34.5 Å². The Bertz CT molecular complexity index is 4750. The summed E-state index contributed by atoms with van der Waals surface area (Å²) in [5.74, 6) is -2.47. The van der Waals surface area contributed by atoms with Crippen molar-refractivity contribution in [1.82, 2.24) is 0 Å². The number of fused-ring (bicyclic) bond motifs is 6. The smallest absolute Gasteiger partial charge is 0.343 e. The zero-order valence-corrected chi connectivity index (χ0v) is 89.4. The number of benzene rings is 10. The van der Waals surface area contributed by atoms with Crippen molar-refractivity contribution in [2.75, 3.05) is 39.6 Å². The largest absolute Gasteiger partial charge is 0.494 e. The van der Waals surface area contributed by atoms with Crippen LogP contribution in [-0.4, -0.2) is 75.5 Å². The highest BCUT2D eigenvalue weighted by atomic mass is 16.6. The number of esters is 6. The van der Waals surface area contributed by atoms with Crippen molar-refractivity contribution in [2.45, 2.75) is 391 Å². The second-order valence-corrected chi connectivity index (χ2v) is 39.7. The maximum absolute atomic E-state index is 15.4. The van der Waals surface area contributed by atoms with Gasteiger partial charge in [0, 0.05) is 0 Å². The molecule has 0 atom stereocenters. The van der Waals surface area contributed by atoms with E-state index in [1.165, 1.54) is 193 Å². The molecule has 0 aromatic heterocycles. The Morgan fingerprint density at radius 2 is 0.278 bits per heavy atom. The molecule has 144 heavy (non-hydrogen) atoms. The summed E-state index contributed by atoms with van der Waals surface area (Å²) in [6.07, 6.45) is 54.8. The molecule has 0 saturated heterocycles. The minimum absolute atomic E-state index is 0.196. The van der Waals surface area contributed by atoms with Gasteiger partial charge in [0.25, 0.3) is 0 Å². The Kier molecular flexibility index (Phi) is 51.3. The molecule has 0 bridgehead atoms. The number of rotatable bonds is 72. The standard InChI is InChI=1S/C126H168O18/c1-13-19-25-31-37-43-49-55-73-133-97-61-67-103(91(7)79-97)121(127)139-115-85-109-110(86-116(115)140-122(128)104-68-62-98(80-92(104)8)134-74-56-50-44-38-32-26-20-14-2)112-88-118(142-124(130)106-70-64-100(82-94(106)10)136-76-58-52-46-40-34-28-22-16-4)120(144-126(132)108-72-66-102(84-96(108)12)138-78-60-54-48-42-36-30-24-18-6)90-114(112)113-89-119(143-125(131)107-71-65-101(83-95(107)11)137-77-59-53-47-41-35-29-23-17-5)117(87-111(109)113)141-123(129)105-69-63-99(81-93(105)9)135-75-57-51-45-39-33-27-21-15-3/h61-72,79-90H,13-60,73-78H2,1-12H3. The average molecular weight is 1970 g/mol. The van der Waals surface area contributed by atoms with Crippen molar-refractivity contribution >= 4 is 68.1 Å². The molecule has 0 aliphatic heterocycles. The van der Waals surface area contributed by atoms with Crippen molar-refractivity contribution in [1.29, 1.82) is 0 Å². The molecule has 0 aliphatic carbocycles. The second-order valence-electron chi connectivity index (χ2n) is 39.7. The van der Waals surface area contributed by atoms with E-state index in [2.05, 4.69) is 41.5 Å². The van der Waals surface area contributed by atoms with E-state index in [0.29, 0.717) is 140 Å². The Balaban J connectivity index is 1.15. The van der Waals surface area contributed by atoms with Crippen LogP contribution in [0.2, 0.25) is 0 Å². The van der Waals surface area contributed by atoms with Gasteiger partial charge in [0.1, 0.15) is 34.5 Å². The van der Waals surface area contributed by atoms with Crippen LogP contribution in [0.3, 0.4) is 0 Å². The number of aryl methyl sites for hydroxylation is 6. The number of carbonyl (C=O) groups is 6. The molecular weight excluding hydrogens is 1800 g/mol. The summed E-state index contributed by atoms with van der Waals surface area (Å²) in [6.45, 7) is 27.2. The first kappa shape index (κ1) is 115. The molecule has 18 nitrogen and oxygen atoms in total. The van der Waals surface area contributed by atoms with Gasteiger partial charge < -0.3 is 56.8 Å². The number of hydrogen-bond donors (Lipinski definition) is 0. The van der Waals surface area contributed by atoms with Crippen LogP contribution in [0.5, 0.6) is 69.0 Å². The first-order valence-electron chi connectivity index (χ1n) is 55.5. The van der Waals surface area contributed by atoms with Gasteiger partial charge in [0.05, 0.1) is 73.0 Å². The molecule has 0 heterocycles. The van der Waals surface area contributed by atoms with E-state index >= 15 is 28.8 Å². The minimum atomic E-state index is -0.796. The summed E-state index contributed by atoms with van der Waals surface area (Å²) in [7, 11) is 0. The van der Waals surface area contributed by atoms with E-state index in [1.807, 2.05) is 0 Å². The molecule has 0 unspecified atom stereocenters. The summed E-state index contributed by atoms with van der Waals surface area (Å²) in [4.78, 5) is 92.7. The van der Waals surface area contributed by atoms with Crippen molar-refractivity contribution < 1.29 is 85.6 Å². The van der Waals surface area contributed by atoms with Crippen LogP contribution >= 0.6 is 0 Å². The maximum atomic E-state index is 15.4. The summed E-state index contributed by atoms with van der Waals surface area (Å²) in [5.41, 5.74) is 4.51. The first-order valence-corrected chi connectivity index (χ1v) is 55.5. The summed E-state index contributed by atoms with van der Waals surface area (Å²) in [5, 5.41) is 1.83. The highest BCUT2D eigenvalue weighted by Gasteiger charge is 2.30. The Morgan fingerprint density at radius 3 is 0.396 bits per heavy atom. The third-order valence-corrected chi connectivity index (χ3v) is 27.4. The van der Waals surface area contributed by atoms with Crippen molar-refractivity contribution in [3.63, 3.8) is 0 Å². The SMILES string of the molecule is CCCCCCCCCCOc1ccc(C(=O)Oc2cc3c4cc(OC(=O)c5ccc(OCCCCCCCCCC)cc5C)c(OC(=O)c5ccc(OCCCCCCCCCC)cc5C)cc4c4cc(OC(=O)c5ccc(OCCCCCCCCCC)cc5C)c(OC(=O)c5ccc(OCCCCCCCCCC)cc5C)cc4c3cc2OC(=O)c2ccc(OCCCCCCCCCC)cc2C)c(C)c1. The van der Waals surface area contributed by atoms with Crippen LogP contribution in [0, 0.1) is 41.5 Å². The Morgan fingerprint density at radius 1 is 0.160 bits per heavy atom. The highest BCUT2D eigenvalue weighted by Crippen LogP contribution is 2.49. The van der Waals surface area contributed by atoms with Gasteiger partial charge in [-0.3, -0.25) is 0 Å². The minimum Gasteiger partial charge on any atom is -0.494 e. The number of hydrogen-bond acceptors (Lipinski definition) is 18. The normalized spacial score (nSPS) is 11.3. The zero-order valence-electron chi connectivity index (χ0n) is 89.4. The topological polar surface area (TPSA) is 213 Å². The molecule has 0 radical (unpaired) electrons. The van der Waals surface area contributed by atoms with E-state index in [0.717, 1.165) is 116 Å². The molecule has 18 heteroatoms. The van der Waals surface area contributed by atoms with Crippen LogP contribution in [0.4, 0.5) is 0 Å². The van der Waals surface area contributed by atoms with Gasteiger partial charge in [-0.1, -0.05) is 311 Å². The molecule has 10 aromatic carbocycles. The molecule has 0 fully saturated rings. The molecule has 780 valence electrons. The lowest BCUT2D eigenvalue weighted by molar-refractivity contribution is 0.0681. The molecule has 0 aliphatic rings. The van der Waals surface area contributed by atoms with Gasteiger partial charge in [-0.25, -0.2) is 28.8 Å². The van der Waals surface area contributed by atoms with Gasteiger partial charge >= 0.3 is 35.8 Å². The predicted octanol–water partition coefficient (Wildman–Crippen LogP) is 35.4. The van der Waals surface area contributed by atoms with Crippen molar-refractivity contribution in [3.05, 3.63) is 212 Å². The van der Waals surface area contributed by atoms with Crippen molar-refractivity contribution in [2.24, 2.45) is 0 Å². The van der Waals surface area contributed by atoms with Gasteiger partial charge in [-0.15, -0.1) is 0 Å². The number of carbonyl (C=O) groups excluding carboxylic acids is 6. The molecule has 0 spiro atoms. The van der Waals surface area contributed by atoms with E-state index in [-0.39, 0.29) is 67.9 Å². The first-order chi connectivity index (χ1) is 70.2. The number of unbranched alkanes of at least 4 members (excludes halogenated alkanes) is 42. The highest BCUT2D eigenvalue weighted by molar-refractivity contribution is 6.27. The van der Waals surface area contributed by atoms with E-state index in [9.17, 15) is 0 Å². The second kappa shape index (κ2) is 64.5. The van der Waals surface area contributed by atoms with Crippen LogP contribution in [0.25, 0.3) is 32.3 Å². The van der Waals surface area contributed by atoms with Gasteiger partial charge in [-0.05, 0) is 291 Å². The lowest BCUT2D eigenvalue weighted by Crippen LogP contribution is -2.15. The van der Waals surface area contributed by atoms with Crippen LogP contribution in [0.15, 0.2) is 146 Å². The fourth-order valence-electron chi connectivity index (χ4n) is 18.7. The number of ether oxygens (including phenoxy) is 12. The van der Waals surface area contributed by atoms with Crippen LogP contribution in [0.1, 0.15) is 445 Å². The molecule has 10 aromatic rings. The quantitative estimate of drug-likeness (QED) is 0.0150. The molecule has 10 rings (SSSR count). The Hall–Kier alpha value is -11.4. The average Bonchev–Trinajstić information content (AvgIpc) is 0.719.